The van der Waals surface area contributed by atoms with Crippen LogP contribution in [0.4, 0.5) is 0 Å². The minimum absolute atomic E-state index is 0.0562. The first-order chi connectivity index (χ1) is 9.97. The number of thiophene rings is 1. The first-order valence-electron chi connectivity index (χ1n) is 7.41. The molecule has 1 atom stereocenters. The van der Waals surface area contributed by atoms with Gasteiger partial charge in [-0.15, -0.1) is 11.3 Å². The zero-order chi connectivity index (χ0) is 14.9. The minimum atomic E-state index is -3.36. The maximum Gasteiger partial charge on any atom is 0.250 e. The highest BCUT2D eigenvalue weighted by atomic mass is 32.2. The van der Waals surface area contributed by atoms with Gasteiger partial charge in [0.1, 0.15) is 4.21 Å². The van der Waals surface area contributed by atoms with Crippen LogP contribution < -0.4 is 10.0 Å². The van der Waals surface area contributed by atoms with Gasteiger partial charge < -0.3 is 5.32 Å². The Morgan fingerprint density at radius 2 is 2.24 bits per heavy atom. The smallest absolute Gasteiger partial charge is 0.250 e. The molecule has 2 fully saturated rings. The van der Waals surface area contributed by atoms with Crippen molar-refractivity contribution in [2.45, 2.75) is 54.1 Å². The largest absolute Gasteiger partial charge is 0.310 e. The van der Waals surface area contributed by atoms with E-state index in [1.807, 2.05) is 17.1 Å². The minimum Gasteiger partial charge on any atom is -0.310 e. The molecule has 2 aliphatic rings. The van der Waals surface area contributed by atoms with Crippen LogP contribution >= 0.6 is 23.1 Å². The van der Waals surface area contributed by atoms with Gasteiger partial charge in [-0.3, -0.25) is 0 Å². The standard InChI is InChI=1S/C14H22N2O2S3/c1-14(5-2-6-20-14)10-16-21(17,18)13-7-11(9-19-13)8-15-12-3-4-12/h7,9,12,15-16H,2-6,8,10H2,1H3. The SMILES string of the molecule is CC1(CNS(=O)(=O)c2cc(CNC3CC3)cs2)CCCS1. The van der Waals surface area contributed by atoms with Crippen molar-refractivity contribution < 1.29 is 8.42 Å². The Bertz CT molecular complexity index is 587. The van der Waals surface area contributed by atoms with Crippen LogP contribution in [0.5, 0.6) is 0 Å². The van der Waals surface area contributed by atoms with Crippen molar-refractivity contribution in [1.82, 2.24) is 10.0 Å². The summed E-state index contributed by atoms with van der Waals surface area (Å²) < 4.78 is 28.0. The molecule has 0 spiro atoms. The van der Waals surface area contributed by atoms with Crippen LogP contribution in [0.15, 0.2) is 15.7 Å². The van der Waals surface area contributed by atoms with Gasteiger partial charge in [0.15, 0.2) is 0 Å². The number of hydrogen-bond acceptors (Lipinski definition) is 5. The van der Waals surface area contributed by atoms with Crippen LogP contribution in [0, 0.1) is 0 Å². The Balaban J connectivity index is 1.58. The van der Waals surface area contributed by atoms with E-state index in [-0.39, 0.29) is 4.75 Å². The van der Waals surface area contributed by atoms with E-state index in [1.54, 1.807) is 6.07 Å². The van der Waals surface area contributed by atoms with Crippen molar-refractivity contribution >= 4 is 33.1 Å². The summed E-state index contributed by atoms with van der Waals surface area (Å²) in [6.07, 6.45) is 4.75. The van der Waals surface area contributed by atoms with Crippen molar-refractivity contribution in [1.29, 1.82) is 0 Å². The van der Waals surface area contributed by atoms with Crippen LogP contribution in [-0.4, -0.2) is 31.5 Å². The monoisotopic (exact) mass is 346 g/mol. The average molecular weight is 347 g/mol. The summed E-state index contributed by atoms with van der Waals surface area (Å²) in [5, 5.41) is 5.35. The van der Waals surface area contributed by atoms with Crippen molar-refractivity contribution in [3.8, 4) is 0 Å². The third-order valence-electron chi connectivity index (χ3n) is 4.00. The molecule has 21 heavy (non-hydrogen) atoms. The Kier molecular flexibility index (Phi) is 4.66. The molecule has 1 saturated carbocycles. The quantitative estimate of drug-likeness (QED) is 0.797. The zero-order valence-electron chi connectivity index (χ0n) is 12.2. The van der Waals surface area contributed by atoms with E-state index >= 15 is 0 Å². The van der Waals surface area contributed by atoms with Crippen molar-refractivity contribution in [3.05, 3.63) is 17.0 Å². The molecule has 3 rings (SSSR count). The third kappa shape index (κ3) is 4.22. The molecule has 1 aliphatic heterocycles. The number of sulfonamides is 1. The topological polar surface area (TPSA) is 58.2 Å². The fourth-order valence-electron chi connectivity index (χ4n) is 2.43. The van der Waals surface area contributed by atoms with Gasteiger partial charge in [-0.1, -0.05) is 0 Å². The van der Waals surface area contributed by atoms with Crippen molar-refractivity contribution in [3.63, 3.8) is 0 Å². The predicted octanol–water partition coefficient (Wildman–Crippen LogP) is 2.56. The van der Waals surface area contributed by atoms with E-state index in [1.165, 1.54) is 30.6 Å². The fourth-order valence-corrected chi connectivity index (χ4v) is 6.19. The molecule has 0 bridgehead atoms. The molecule has 2 N–H and O–H groups in total. The van der Waals surface area contributed by atoms with Crippen LogP contribution in [0.25, 0.3) is 0 Å². The summed E-state index contributed by atoms with van der Waals surface area (Å²) in [6.45, 7) is 3.43. The molecule has 1 saturated heterocycles. The molecule has 1 aromatic rings. The van der Waals surface area contributed by atoms with Crippen molar-refractivity contribution in [2.75, 3.05) is 12.3 Å². The van der Waals surface area contributed by atoms with Gasteiger partial charge in [0, 0.05) is 23.9 Å². The summed E-state index contributed by atoms with van der Waals surface area (Å²) in [6, 6.07) is 2.44. The van der Waals surface area contributed by atoms with Crippen molar-refractivity contribution in [2.24, 2.45) is 0 Å². The highest BCUT2D eigenvalue weighted by Gasteiger charge is 2.31. The molecule has 0 amide bonds. The lowest BCUT2D eigenvalue weighted by atomic mass is 10.1. The van der Waals surface area contributed by atoms with Gasteiger partial charge in [0.25, 0.3) is 0 Å². The lowest BCUT2D eigenvalue weighted by Crippen LogP contribution is -2.36. The first kappa shape index (κ1) is 15.8. The maximum absolute atomic E-state index is 12.4. The molecule has 0 aromatic carbocycles. The van der Waals surface area contributed by atoms with Gasteiger partial charge in [-0.25, -0.2) is 13.1 Å². The summed E-state index contributed by atoms with van der Waals surface area (Å²) >= 11 is 3.18. The molecule has 2 heterocycles. The lowest BCUT2D eigenvalue weighted by molar-refractivity contribution is 0.554. The second kappa shape index (κ2) is 6.20. The number of nitrogens with one attached hydrogen (secondary N) is 2. The predicted molar refractivity (Wildman–Crippen MR) is 89.5 cm³/mol. The Labute approximate surface area is 135 Å². The third-order valence-corrected chi connectivity index (χ3v) is 8.43. The molecule has 0 radical (unpaired) electrons. The molecule has 1 unspecified atom stereocenters. The van der Waals surface area contributed by atoms with E-state index in [9.17, 15) is 8.42 Å². The lowest BCUT2D eigenvalue weighted by Gasteiger charge is -2.22. The summed E-state index contributed by atoms with van der Waals surface area (Å²) in [5.41, 5.74) is 1.06. The van der Waals surface area contributed by atoms with E-state index in [2.05, 4.69) is 17.0 Å². The van der Waals surface area contributed by atoms with Gasteiger partial charge in [-0.05, 0) is 55.4 Å². The first-order valence-corrected chi connectivity index (χ1v) is 10.8. The van der Waals surface area contributed by atoms with Gasteiger partial charge in [0.2, 0.25) is 10.0 Å². The molecule has 118 valence electrons. The number of thioether (sulfide) groups is 1. The number of hydrogen-bond donors (Lipinski definition) is 2. The van der Waals surface area contributed by atoms with Gasteiger partial charge >= 0.3 is 0 Å². The Morgan fingerprint density at radius 3 is 2.90 bits per heavy atom. The number of rotatable bonds is 7. The van der Waals surface area contributed by atoms with E-state index in [0.29, 0.717) is 16.8 Å². The van der Waals surface area contributed by atoms with Crippen LogP contribution in [-0.2, 0) is 16.6 Å². The summed E-state index contributed by atoms with van der Waals surface area (Å²) in [4.78, 5) is 0. The fraction of sp³-hybridized carbons (Fsp3) is 0.714. The highest BCUT2D eigenvalue weighted by molar-refractivity contribution is 8.01. The van der Waals surface area contributed by atoms with Crippen LogP contribution in [0.1, 0.15) is 38.2 Å². The molecular weight excluding hydrogens is 324 g/mol. The normalized spacial score (nSPS) is 26.3. The highest BCUT2D eigenvalue weighted by Crippen LogP contribution is 2.37. The second-order valence-electron chi connectivity index (χ2n) is 6.16. The Morgan fingerprint density at radius 1 is 1.43 bits per heavy atom. The maximum atomic E-state index is 12.4. The molecule has 7 heteroatoms. The van der Waals surface area contributed by atoms with E-state index in [0.717, 1.165) is 24.3 Å². The van der Waals surface area contributed by atoms with Crippen LogP contribution in [0.3, 0.4) is 0 Å². The van der Waals surface area contributed by atoms with E-state index in [4.69, 9.17) is 0 Å². The van der Waals surface area contributed by atoms with Gasteiger partial charge in [-0.2, -0.15) is 11.8 Å². The summed E-state index contributed by atoms with van der Waals surface area (Å²) in [5.74, 6) is 1.13. The molecule has 1 aliphatic carbocycles. The van der Waals surface area contributed by atoms with Crippen LogP contribution in [0.2, 0.25) is 0 Å². The van der Waals surface area contributed by atoms with E-state index < -0.39 is 10.0 Å². The summed E-state index contributed by atoms with van der Waals surface area (Å²) in [7, 11) is -3.36. The second-order valence-corrected chi connectivity index (χ2v) is 10.7. The molecule has 1 aromatic heterocycles. The molecular formula is C14H22N2O2S3. The molecule has 4 nitrogen and oxygen atoms in total. The van der Waals surface area contributed by atoms with Gasteiger partial charge in [0.05, 0.1) is 0 Å². The zero-order valence-corrected chi connectivity index (χ0v) is 14.7. The Hall–Kier alpha value is -0.0800. The average Bonchev–Trinajstić information content (AvgIpc) is 2.97.